The van der Waals surface area contributed by atoms with Crippen LogP contribution in [0.25, 0.3) is 5.76 Å². The molecule has 1 N–H and O–H groups in total. The van der Waals surface area contributed by atoms with Gasteiger partial charge in [0.2, 0.25) is 0 Å². The highest BCUT2D eigenvalue weighted by atomic mass is 16.5. The van der Waals surface area contributed by atoms with Gasteiger partial charge in [0.05, 0.1) is 25.3 Å². The molecule has 1 unspecified atom stereocenters. The Labute approximate surface area is 254 Å². The van der Waals surface area contributed by atoms with E-state index in [-0.39, 0.29) is 11.3 Å². The van der Waals surface area contributed by atoms with E-state index in [1.54, 1.807) is 48.4 Å². The fourth-order valence-electron chi connectivity index (χ4n) is 5.25. The number of ether oxygens (including phenoxy) is 3. The molecule has 8 nitrogen and oxygen atoms in total. The third-order valence-corrected chi connectivity index (χ3v) is 7.65. The van der Waals surface area contributed by atoms with Crippen molar-refractivity contribution in [2.24, 2.45) is 0 Å². The average Bonchev–Trinajstić information content (AvgIpc) is 3.30. The lowest BCUT2D eigenvalue weighted by molar-refractivity contribution is -0.140. The van der Waals surface area contributed by atoms with E-state index in [1.807, 2.05) is 43.3 Å². The van der Waals surface area contributed by atoms with Gasteiger partial charge in [0.1, 0.15) is 18.1 Å². The molecule has 228 valence electrons. The van der Waals surface area contributed by atoms with Crippen LogP contribution in [0.3, 0.4) is 0 Å². The smallest absolute Gasteiger partial charge is 0.295 e. The molecule has 1 atom stereocenters. The fourth-order valence-corrected chi connectivity index (χ4v) is 5.25. The predicted octanol–water partition coefficient (Wildman–Crippen LogP) is 6.22. The number of carbonyl (C=O) groups is 2. The monoisotopic (exact) mass is 586 g/mol. The summed E-state index contributed by atoms with van der Waals surface area (Å²) in [7, 11) is 1.55. The summed E-state index contributed by atoms with van der Waals surface area (Å²) >= 11 is 0. The largest absolute Gasteiger partial charge is 0.507 e. The number of benzene rings is 3. The summed E-state index contributed by atoms with van der Waals surface area (Å²) in [5, 5.41) is 11.5. The van der Waals surface area contributed by atoms with Crippen LogP contribution in [-0.2, 0) is 16.2 Å². The van der Waals surface area contributed by atoms with E-state index < -0.39 is 17.7 Å². The number of aliphatic hydroxyl groups excluding tert-OH is 1. The van der Waals surface area contributed by atoms with Gasteiger partial charge >= 0.3 is 0 Å². The van der Waals surface area contributed by atoms with Crippen molar-refractivity contribution < 1.29 is 28.9 Å². The van der Waals surface area contributed by atoms with Crippen LogP contribution in [-0.4, -0.2) is 66.5 Å². The number of likely N-dealkylation sites (tertiary alicyclic amines) is 1. The Bertz CT molecular complexity index is 1400. The Balaban J connectivity index is 1.70. The summed E-state index contributed by atoms with van der Waals surface area (Å²) < 4.78 is 17.4. The van der Waals surface area contributed by atoms with Crippen LogP contribution >= 0.6 is 0 Å². The lowest BCUT2D eigenvalue weighted by Gasteiger charge is -2.27. The highest BCUT2D eigenvalue weighted by molar-refractivity contribution is 6.46. The molecule has 0 aromatic heterocycles. The normalized spacial score (nSPS) is 16.1. The van der Waals surface area contributed by atoms with Gasteiger partial charge in [-0.25, -0.2) is 0 Å². The summed E-state index contributed by atoms with van der Waals surface area (Å²) in [6.45, 7) is 10.1. The lowest BCUT2D eigenvalue weighted by Crippen LogP contribution is -2.33. The first-order valence-electron chi connectivity index (χ1n) is 15.0. The molecule has 0 aliphatic carbocycles. The summed E-state index contributed by atoms with van der Waals surface area (Å²) in [5.74, 6) is 0.121. The van der Waals surface area contributed by atoms with E-state index in [9.17, 15) is 14.7 Å². The molecule has 0 radical (unpaired) electrons. The molecule has 1 aliphatic heterocycles. The Morgan fingerprint density at radius 2 is 1.63 bits per heavy atom. The number of aliphatic hydroxyl groups is 1. The van der Waals surface area contributed by atoms with Gasteiger partial charge < -0.3 is 29.1 Å². The van der Waals surface area contributed by atoms with Crippen molar-refractivity contribution >= 4 is 17.4 Å². The molecular weight excluding hydrogens is 544 g/mol. The number of Topliss-reactive ketones (excluding diaryl/α,β-unsaturated/α-hetero) is 1. The van der Waals surface area contributed by atoms with Crippen molar-refractivity contribution in [2.45, 2.75) is 46.3 Å². The van der Waals surface area contributed by atoms with Crippen molar-refractivity contribution in [2.75, 3.05) is 39.9 Å². The molecule has 0 bridgehead atoms. The van der Waals surface area contributed by atoms with Crippen LogP contribution in [0.5, 0.6) is 17.2 Å². The zero-order valence-corrected chi connectivity index (χ0v) is 25.5. The highest BCUT2D eigenvalue weighted by Gasteiger charge is 2.46. The van der Waals surface area contributed by atoms with E-state index >= 15 is 0 Å². The first-order valence-corrected chi connectivity index (χ1v) is 15.0. The predicted molar refractivity (Wildman–Crippen MR) is 167 cm³/mol. The Hall–Kier alpha value is -4.30. The van der Waals surface area contributed by atoms with E-state index in [0.29, 0.717) is 54.6 Å². The third kappa shape index (κ3) is 7.56. The zero-order chi connectivity index (χ0) is 30.8. The van der Waals surface area contributed by atoms with E-state index in [2.05, 4.69) is 18.7 Å². The first kappa shape index (κ1) is 31.6. The number of methoxy groups -OCH3 is 1. The number of amides is 1. The molecule has 1 heterocycles. The minimum Gasteiger partial charge on any atom is -0.507 e. The van der Waals surface area contributed by atoms with Gasteiger partial charge in [-0.3, -0.25) is 9.59 Å². The van der Waals surface area contributed by atoms with Crippen LogP contribution in [0.4, 0.5) is 0 Å². The lowest BCUT2D eigenvalue weighted by atomic mass is 9.95. The molecule has 1 aliphatic rings. The quantitative estimate of drug-likeness (QED) is 0.129. The maximum atomic E-state index is 13.5. The van der Waals surface area contributed by atoms with E-state index in [4.69, 9.17) is 14.2 Å². The second-order valence-electron chi connectivity index (χ2n) is 10.4. The van der Waals surface area contributed by atoms with Crippen molar-refractivity contribution in [3.05, 3.63) is 95.1 Å². The van der Waals surface area contributed by atoms with Crippen molar-refractivity contribution in [1.29, 1.82) is 0 Å². The van der Waals surface area contributed by atoms with Crippen LogP contribution in [0, 0.1) is 0 Å². The second kappa shape index (κ2) is 15.3. The van der Waals surface area contributed by atoms with Gasteiger partial charge in [-0.2, -0.15) is 0 Å². The molecule has 43 heavy (non-hydrogen) atoms. The van der Waals surface area contributed by atoms with Crippen molar-refractivity contribution in [3.8, 4) is 17.2 Å². The van der Waals surface area contributed by atoms with Crippen LogP contribution < -0.4 is 14.2 Å². The zero-order valence-electron chi connectivity index (χ0n) is 25.5. The first-order chi connectivity index (χ1) is 20.9. The number of hydrogen-bond donors (Lipinski definition) is 1. The second-order valence-corrected chi connectivity index (χ2v) is 10.4. The molecule has 0 saturated carbocycles. The number of nitrogens with zero attached hydrogens (tertiary/aromatic N) is 2. The Morgan fingerprint density at radius 1 is 0.907 bits per heavy atom. The van der Waals surface area contributed by atoms with Crippen LogP contribution in [0.1, 0.15) is 56.3 Å². The molecule has 1 saturated heterocycles. The summed E-state index contributed by atoms with van der Waals surface area (Å²) in [6, 6.07) is 21.3. The number of ketones is 1. The molecule has 1 fully saturated rings. The number of carbonyl (C=O) groups excluding carboxylic acids is 2. The average molecular weight is 587 g/mol. The molecule has 3 aromatic rings. The summed E-state index contributed by atoms with van der Waals surface area (Å²) in [6.07, 6.45) is 1.56. The third-order valence-electron chi connectivity index (χ3n) is 7.65. The summed E-state index contributed by atoms with van der Waals surface area (Å²) in [4.78, 5) is 30.8. The Morgan fingerprint density at radius 3 is 2.28 bits per heavy atom. The van der Waals surface area contributed by atoms with Gasteiger partial charge in [-0.15, -0.1) is 0 Å². The molecule has 4 rings (SSSR count). The topological polar surface area (TPSA) is 88.5 Å². The van der Waals surface area contributed by atoms with Crippen molar-refractivity contribution in [1.82, 2.24) is 9.80 Å². The molecule has 0 spiro atoms. The number of rotatable bonds is 15. The van der Waals surface area contributed by atoms with Gasteiger partial charge in [-0.05, 0) is 80.0 Å². The van der Waals surface area contributed by atoms with Crippen molar-refractivity contribution in [3.63, 3.8) is 0 Å². The van der Waals surface area contributed by atoms with Crippen LogP contribution in [0.2, 0.25) is 0 Å². The van der Waals surface area contributed by atoms with Gasteiger partial charge in [0.15, 0.2) is 11.5 Å². The SMILES string of the molecule is CCCOc1ccc(/C(O)=C2\C(=O)C(=O)N(CCCN(CC)CC)C2c2ccc(OCc3ccccc3)c(OC)c2)cc1. The standard InChI is InChI=1S/C35H42N2O6/c1-5-22-42-28-17-14-26(15-18-28)33(38)31-32(37(35(40)34(31)39)21-11-20-36(6-2)7-3)27-16-19-29(30(23-27)41-4)43-24-25-12-9-8-10-13-25/h8-10,12-19,23,32,38H,5-7,11,20-22,24H2,1-4H3/b33-31+. The van der Waals surface area contributed by atoms with E-state index in [1.165, 1.54) is 0 Å². The molecular formula is C35H42N2O6. The number of hydrogen-bond acceptors (Lipinski definition) is 7. The summed E-state index contributed by atoms with van der Waals surface area (Å²) in [5.41, 5.74) is 2.15. The molecule has 8 heteroatoms. The van der Waals surface area contributed by atoms with Gasteiger partial charge in [-0.1, -0.05) is 57.2 Å². The van der Waals surface area contributed by atoms with Gasteiger partial charge in [0, 0.05) is 12.1 Å². The maximum Gasteiger partial charge on any atom is 0.295 e. The fraction of sp³-hybridized carbons (Fsp3) is 0.371. The Kier molecular flexibility index (Phi) is 11.2. The minimum absolute atomic E-state index is 0.0510. The molecule has 1 amide bonds. The molecule has 3 aromatic carbocycles. The highest BCUT2D eigenvalue weighted by Crippen LogP contribution is 2.42. The van der Waals surface area contributed by atoms with E-state index in [0.717, 1.165) is 31.6 Å². The minimum atomic E-state index is -0.787. The van der Waals surface area contributed by atoms with Gasteiger partial charge in [0.25, 0.3) is 11.7 Å². The maximum absolute atomic E-state index is 13.5. The van der Waals surface area contributed by atoms with Crippen LogP contribution in [0.15, 0.2) is 78.4 Å².